The maximum atomic E-state index is 11.8. The highest BCUT2D eigenvalue weighted by atomic mass is 16.6. The fourth-order valence-electron chi connectivity index (χ4n) is 2.01. The van der Waals surface area contributed by atoms with Gasteiger partial charge >= 0.3 is 5.97 Å². The number of anilines is 1. The van der Waals surface area contributed by atoms with Gasteiger partial charge < -0.3 is 19.5 Å². The molecule has 0 aliphatic carbocycles. The number of hydrogen-bond acceptors (Lipinski definition) is 6. The molecule has 2 aromatic rings. The van der Waals surface area contributed by atoms with E-state index in [2.05, 4.69) is 5.32 Å². The van der Waals surface area contributed by atoms with Gasteiger partial charge in [0.2, 0.25) is 0 Å². The van der Waals surface area contributed by atoms with Crippen molar-refractivity contribution < 1.29 is 23.8 Å². The summed E-state index contributed by atoms with van der Waals surface area (Å²) >= 11 is 0. The van der Waals surface area contributed by atoms with Crippen LogP contribution in [0.2, 0.25) is 0 Å². The van der Waals surface area contributed by atoms with Crippen LogP contribution in [0.4, 0.5) is 5.69 Å². The number of nitrogens with one attached hydrogen (secondary N) is 1. The number of carbonyl (C=O) groups is 2. The number of hydrogen-bond donors (Lipinski definition) is 1. The zero-order chi connectivity index (χ0) is 18.8. The summed E-state index contributed by atoms with van der Waals surface area (Å²) in [6.07, 6.45) is 0. The number of esters is 1. The van der Waals surface area contributed by atoms with E-state index in [0.717, 1.165) is 0 Å². The summed E-state index contributed by atoms with van der Waals surface area (Å²) in [7, 11) is 0. The van der Waals surface area contributed by atoms with Gasteiger partial charge in [0.05, 0.1) is 12.2 Å². The molecule has 2 rings (SSSR count). The van der Waals surface area contributed by atoms with Gasteiger partial charge in [-0.15, -0.1) is 0 Å². The first-order valence-corrected chi connectivity index (χ1v) is 7.92. The second-order valence-electron chi connectivity index (χ2n) is 5.06. The number of rotatable bonds is 8. The van der Waals surface area contributed by atoms with Gasteiger partial charge in [-0.25, -0.2) is 4.79 Å². The Bertz CT molecular complexity index is 796. The minimum Gasteiger partial charge on any atom is -0.494 e. The average Bonchev–Trinajstić information content (AvgIpc) is 2.66. The molecule has 7 nitrogen and oxygen atoms in total. The maximum Gasteiger partial charge on any atom is 0.344 e. The van der Waals surface area contributed by atoms with E-state index in [-0.39, 0.29) is 5.75 Å². The maximum absolute atomic E-state index is 11.8. The van der Waals surface area contributed by atoms with Crippen LogP contribution < -0.4 is 14.8 Å². The van der Waals surface area contributed by atoms with Crippen molar-refractivity contribution in [1.82, 2.24) is 0 Å². The van der Waals surface area contributed by atoms with Crippen molar-refractivity contribution in [2.45, 2.75) is 6.92 Å². The van der Waals surface area contributed by atoms with Crippen LogP contribution in [0.5, 0.6) is 11.5 Å². The predicted octanol–water partition coefficient (Wildman–Crippen LogP) is 2.52. The molecule has 0 radical (unpaired) electrons. The molecular weight excluding hydrogens is 336 g/mol. The van der Waals surface area contributed by atoms with Crippen molar-refractivity contribution in [3.63, 3.8) is 0 Å². The van der Waals surface area contributed by atoms with E-state index in [1.165, 1.54) is 0 Å². The molecule has 0 aromatic heterocycles. The average molecular weight is 354 g/mol. The van der Waals surface area contributed by atoms with Crippen LogP contribution in [-0.2, 0) is 14.3 Å². The van der Waals surface area contributed by atoms with E-state index >= 15 is 0 Å². The second kappa shape index (κ2) is 9.69. The van der Waals surface area contributed by atoms with Crippen LogP contribution in [-0.4, -0.2) is 31.7 Å². The third-order valence-electron chi connectivity index (χ3n) is 3.17. The van der Waals surface area contributed by atoms with Gasteiger partial charge in [-0.05, 0) is 43.3 Å². The Hall–Kier alpha value is -3.53. The van der Waals surface area contributed by atoms with Crippen molar-refractivity contribution >= 4 is 17.6 Å². The molecule has 0 spiro atoms. The molecule has 0 heterocycles. The molecule has 0 aliphatic rings. The minimum absolute atomic E-state index is 0.283. The second-order valence-corrected chi connectivity index (χ2v) is 5.06. The molecule has 26 heavy (non-hydrogen) atoms. The third-order valence-corrected chi connectivity index (χ3v) is 3.17. The summed E-state index contributed by atoms with van der Waals surface area (Å²) < 4.78 is 15.4. The van der Waals surface area contributed by atoms with Crippen molar-refractivity contribution in [2.75, 3.05) is 25.1 Å². The van der Waals surface area contributed by atoms with Crippen LogP contribution in [0, 0.1) is 11.3 Å². The molecule has 2 aromatic carbocycles. The van der Waals surface area contributed by atoms with Gasteiger partial charge in [-0.3, -0.25) is 4.79 Å². The number of nitriles is 1. The zero-order valence-corrected chi connectivity index (χ0v) is 14.2. The topological polar surface area (TPSA) is 97.7 Å². The van der Waals surface area contributed by atoms with E-state index in [1.807, 2.05) is 13.0 Å². The first-order valence-electron chi connectivity index (χ1n) is 7.92. The summed E-state index contributed by atoms with van der Waals surface area (Å²) in [4.78, 5) is 23.5. The molecule has 0 aliphatic heterocycles. The first kappa shape index (κ1) is 18.8. The summed E-state index contributed by atoms with van der Waals surface area (Å²) in [5.41, 5.74) is 0.877. The molecular formula is C19H18N2O5. The van der Waals surface area contributed by atoms with Gasteiger partial charge in [0.15, 0.2) is 13.2 Å². The molecule has 1 amide bonds. The highest BCUT2D eigenvalue weighted by Crippen LogP contribution is 2.17. The van der Waals surface area contributed by atoms with E-state index in [4.69, 9.17) is 19.5 Å². The van der Waals surface area contributed by atoms with E-state index in [1.54, 1.807) is 48.5 Å². The molecule has 1 N–H and O–H groups in total. The lowest BCUT2D eigenvalue weighted by Crippen LogP contribution is -2.23. The molecule has 0 fully saturated rings. The highest BCUT2D eigenvalue weighted by molar-refractivity contribution is 5.92. The number of para-hydroxylation sites is 1. The highest BCUT2D eigenvalue weighted by Gasteiger charge is 2.10. The minimum atomic E-state index is -0.709. The smallest absolute Gasteiger partial charge is 0.344 e. The molecule has 0 saturated heterocycles. The largest absolute Gasteiger partial charge is 0.494 e. The molecule has 0 bridgehead atoms. The molecule has 7 heteroatoms. The Morgan fingerprint density at radius 1 is 1.04 bits per heavy atom. The lowest BCUT2D eigenvalue weighted by atomic mass is 10.2. The molecule has 134 valence electrons. The normalized spacial score (nSPS) is 9.69. The van der Waals surface area contributed by atoms with Gasteiger partial charge in [-0.2, -0.15) is 5.26 Å². The fraction of sp³-hybridized carbons (Fsp3) is 0.211. The van der Waals surface area contributed by atoms with Gasteiger partial charge in [0, 0.05) is 5.69 Å². The van der Waals surface area contributed by atoms with Gasteiger partial charge in [0.25, 0.3) is 5.91 Å². The number of ether oxygens (including phenoxy) is 3. The predicted molar refractivity (Wildman–Crippen MR) is 93.9 cm³/mol. The molecule has 0 unspecified atom stereocenters. The quantitative estimate of drug-likeness (QED) is 0.732. The van der Waals surface area contributed by atoms with Gasteiger partial charge in [0.1, 0.15) is 17.6 Å². The van der Waals surface area contributed by atoms with Crippen molar-refractivity contribution in [3.8, 4) is 17.6 Å². The summed E-state index contributed by atoms with van der Waals surface area (Å²) in [6, 6.07) is 15.3. The van der Waals surface area contributed by atoms with E-state index in [0.29, 0.717) is 23.6 Å². The number of benzene rings is 2. The lowest BCUT2D eigenvalue weighted by molar-refractivity contribution is -0.149. The number of nitrogens with zero attached hydrogens (tertiary/aromatic N) is 1. The molecule has 0 atom stereocenters. The van der Waals surface area contributed by atoms with Crippen LogP contribution >= 0.6 is 0 Å². The number of amides is 1. The SMILES string of the molecule is CCOc1ccc(NC(=O)COC(=O)COc2ccccc2C#N)cc1. The summed E-state index contributed by atoms with van der Waals surface area (Å²) in [6.45, 7) is 1.61. The van der Waals surface area contributed by atoms with E-state index < -0.39 is 25.1 Å². The van der Waals surface area contributed by atoms with E-state index in [9.17, 15) is 9.59 Å². The Kier molecular flexibility index (Phi) is 7.01. The monoisotopic (exact) mass is 354 g/mol. The lowest BCUT2D eigenvalue weighted by Gasteiger charge is -2.09. The van der Waals surface area contributed by atoms with Crippen LogP contribution in [0.3, 0.4) is 0 Å². The van der Waals surface area contributed by atoms with Crippen molar-refractivity contribution in [3.05, 3.63) is 54.1 Å². The van der Waals surface area contributed by atoms with Crippen molar-refractivity contribution in [2.24, 2.45) is 0 Å². The Balaban J connectivity index is 1.74. The Morgan fingerprint density at radius 3 is 2.46 bits per heavy atom. The first-order chi connectivity index (χ1) is 12.6. The fourth-order valence-corrected chi connectivity index (χ4v) is 2.01. The van der Waals surface area contributed by atoms with Crippen LogP contribution in [0.1, 0.15) is 12.5 Å². The van der Waals surface area contributed by atoms with Gasteiger partial charge in [-0.1, -0.05) is 12.1 Å². The van der Waals surface area contributed by atoms with Crippen LogP contribution in [0.15, 0.2) is 48.5 Å². The summed E-state index contributed by atoms with van der Waals surface area (Å²) in [5.74, 6) is -0.197. The third kappa shape index (κ3) is 5.83. The summed E-state index contributed by atoms with van der Waals surface area (Å²) in [5, 5.41) is 11.5. The Labute approximate surface area is 151 Å². The number of carbonyl (C=O) groups excluding carboxylic acids is 2. The standard InChI is InChI=1S/C19H18N2O5/c1-2-24-16-9-7-15(8-10-16)21-18(22)12-26-19(23)13-25-17-6-4-3-5-14(17)11-20/h3-10H,2,12-13H2,1H3,(H,21,22). The van der Waals surface area contributed by atoms with Crippen LogP contribution in [0.25, 0.3) is 0 Å². The zero-order valence-electron chi connectivity index (χ0n) is 14.2. The Morgan fingerprint density at radius 2 is 1.77 bits per heavy atom. The van der Waals surface area contributed by atoms with Crippen molar-refractivity contribution in [1.29, 1.82) is 5.26 Å². The molecule has 0 saturated carbocycles.